The van der Waals surface area contributed by atoms with E-state index >= 15 is 0 Å². The third-order valence-corrected chi connectivity index (χ3v) is 4.11. The zero-order chi connectivity index (χ0) is 13.9. The maximum Gasteiger partial charge on any atom is 0.118 e. The summed E-state index contributed by atoms with van der Waals surface area (Å²) >= 11 is 0. The molecule has 1 fully saturated rings. The van der Waals surface area contributed by atoms with Crippen LogP contribution in [0.2, 0.25) is 0 Å². The fourth-order valence-corrected chi connectivity index (χ4v) is 3.03. The van der Waals surface area contributed by atoms with E-state index in [1.165, 1.54) is 5.56 Å². The molecule has 0 aliphatic carbocycles. The van der Waals surface area contributed by atoms with Crippen molar-refractivity contribution in [3.05, 3.63) is 29.8 Å². The summed E-state index contributed by atoms with van der Waals surface area (Å²) in [5, 5.41) is 13.9. The van der Waals surface area contributed by atoms with Gasteiger partial charge in [-0.05, 0) is 57.4 Å². The topological polar surface area (TPSA) is 41.5 Å². The van der Waals surface area contributed by atoms with Crippen molar-refractivity contribution in [3.8, 4) is 5.75 Å². The smallest absolute Gasteiger partial charge is 0.118 e. The molecule has 0 unspecified atom stereocenters. The summed E-state index contributed by atoms with van der Waals surface area (Å²) in [7, 11) is 1.68. The molecular weight excluding hydrogens is 238 g/mol. The van der Waals surface area contributed by atoms with Crippen molar-refractivity contribution in [3.63, 3.8) is 0 Å². The van der Waals surface area contributed by atoms with Crippen LogP contribution in [-0.2, 0) is 6.42 Å². The van der Waals surface area contributed by atoms with Crippen LogP contribution >= 0.6 is 0 Å². The first-order valence-corrected chi connectivity index (χ1v) is 7.09. The van der Waals surface area contributed by atoms with Crippen molar-refractivity contribution in [1.29, 1.82) is 0 Å². The Bertz CT molecular complexity index is 394. The monoisotopic (exact) mass is 263 g/mol. The SMILES string of the molecule is COc1ccc(C[C@H]2NCCC[C@@H]2C(C)(C)O)cc1. The lowest BCUT2D eigenvalue weighted by molar-refractivity contribution is -0.0131. The second-order valence-corrected chi connectivity index (χ2v) is 6.02. The number of piperidine rings is 1. The van der Waals surface area contributed by atoms with Gasteiger partial charge in [-0.2, -0.15) is 0 Å². The Morgan fingerprint density at radius 3 is 2.58 bits per heavy atom. The van der Waals surface area contributed by atoms with Crippen molar-refractivity contribution in [2.24, 2.45) is 5.92 Å². The molecule has 1 aromatic rings. The average molecular weight is 263 g/mol. The van der Waals surface area contributed by atoms with E-state index in [0.29, 0.717) is 12.0 Å². The first kappa shape index (κ1) is 14.4. The molecule has 2 N–H and O–H groups in total. The summed E-state index contributed by atoms with van der Waals surface area (Å²) in [5.74, 6) is 1.20. The van der Waals surface area contributed by atoms with Gasteiger partial charge in [-0.25, -0.2) is 0 Å². The molecule has 3 heteroatoms. The van der Waals surface area contributed by atoms with Crippen molar-refractivity contribution in [2.75, 3.05) is 13.7 Å². The van der Waals surface area contributed by atoms with Crippen molar-refractivity contribution in [2.45, 2.75) is 44.8 Å². The minimum Gasteiger partial charge on any atom is -0.497 e. The van der Waals surface area contributed by atoms with Gasteiger partial charge in [0.15, 0.2) is 0 Å². The number of benzene rings is 1. The third kappa shape index (κ3) is 3.71. The standard InChI is InChI=1S/C16H25NO2/c1-16(2,18)14-5-4-10-17-15(14)11-12-6-8-13(19-3)9-7-12/h6-9,14-15,17-18H,4-5,10-11H2,1-3H3/t14-,15+/m0/s1. The summed E-state index contributed by atoms with van der Waals surface area (Å²) in [6.07, 6.45) is 3.20. The van der Waals surface area contributed by atoms with Crippen LogP contribution < -0.4 is 10.1 Å². The van der Waals surface area contributed by atoms with Gasteiger partial charge >= 0.3 is 0 Å². The fraction of sp³-hybridized carbons (Fsp3) is 0.625. The zero-order valence-corrected chi connectivity index (χ0v) is 12.1. The Labute approximate surface area is 116 Å². The first-order valence-electron chi connectivity index (χ1n) is 7.09. The zero-order valence-electron chi connectivity index (χ0n) is 12.1. The fourth-order valence-electron chi connectivity index (χ4n) is 3.03. The van der Waals surface area contributed by atoms with Crippen LogP contribution in [0.4, 0.5) is 0 Å². The van der Waals surface area contributed by atoms with Gasteiger partial charge in [0.1, 0.15) is 5.75 Å². The Balaban J connectivity index is 2.06. The Morgan fingerprint density at radius 2 is 2.00 bits per heavy atom. The van der Waals surface area contributed by atoms with Crippen molar-refractivity contribution >= 4 is 0 Å². The second-order valence-electron chi connectivity index (χ2n) is 6.02. The van der Waals surface area contributed by atoms with Gasteiger partial charge in [0.25, 0.3) is 0 Å². The minimum atomic E-state index is -0.620. The van der Waals surface area contributed by atoms with Crippen LogP contribution in [0, 0.1) is 5.92 Å². The summed E-state index contributed by atoms with van der Waals surface area (Å²) < 4.78 is 5.18. The molecule has 0 amide bonds. The quantitative estimate of drug-likeness (QED) is 0.876. The van der Waals surface area contributed by atoms with E-state index in [0.717, 1.165) is 31.6 Å². The second kappa shape index (κ2) is 5.93. The number of rotatable bonds is 4. The van der Waals surface area contributed by atoms with E-state index in [4.69, 9.17) is 4.74 Å². The molecule has 3 nitrogen and oxygen atoms in total. The molecule has 0 bridgehead atoms. The van der Waals surface area contributed by atoms with Crippen LogP contribution in [0.15, 0.2) is 24.3 Å². The number of hydrogen-bond acceptors (Lipinski definition) is 3. The molecule has 1 aromatic carbocycles. The van der Waals surface area contributed by atoms with Gasteiger partial charge in [0.05, 0.1) is 12.7 Å². The number of hydrogen-bond donors (Lipinski definition) is 2. The highest BCUT2D eigenvalue weighted by molar-refractivity contribution is 5.27. The highest BCUT2D eigenvalue weighted by atomic mass is 16.5. The average Bonchev–Trinajstić information content (AvgIpc) is 2.39. The molecule has 19 heavy (non-hydrogen) atoms. The lowest BCUT2D eigenvalue weighted by atomic mass is 9.77. The van der Waals surface area contributed by atoms with Crippen LogP contribution in [0.3, 0.4) is 0 Å². The van der Waals surface area contributed by atoms with Crippen LogP contribution in [0.25, 0.3) is 0 Å². The van der Waals surface area contributed by atoms with Gasteiger partial charge in [-0.15, -0.1) is 0 Å². The van der Waals surface area contributed by atoms with Crippen molar-refractivity contribution in [1.82, 2.24) is 5.32 Å². The Morgan fingerprint density at radius 1 is 1.32 bits per heavy atom. The van der Waals surface area contributed by atoms with Gasteiger partial charge in [0, 0.05) is 12.0 Å². The molecule has 1 aliphatic rings. The van der Waals surface area contributed by atoms with Crippen LogP contribution in [0.5, 0.6) is 5.75 Å². The van der Waals surface area contributed by atoms with E-state index in [1.807, 2.05) is 26.0 Å². The van der Waals surface area contributed by atoms with E-state index in [-0.39, 0.29) is 0 Å². The van der Waals surface area contributed by atoms with Crippen molar-refractivity contribution < 1.29 is 9.84 Å². The summed E-state index contributed by atoms with van der Waals surface area (Å²) in [6.45, 7) is 4.89. The van der Waals surface area contributed by atoms with Crippen LogP contribution in [-0.4, -0.2) is 30.4 Å². The van der Waals surface area contributed by atoms with E-state index in [1.54, 1.807) is 7.11 Å². The lowest BCUT2D eigenvalue weighted by Crippen LogP contribution is -2.51. The molecule has 2 rings (SSSR count). The molecule has 0 spiro atoms. The third-order valence-electron chi connectivity index (χ3n) is 4.11. The summed E-state index contributed by atoms with van der Waals surface area (Å²) in [4.78, 5) is 0. The summed E-state index contributed by atoms with van der Waals surface area (Å²) in [5.41, 5.74) is 0.666. The van der Waals surface area contributed by atoms with E-state index in [9.17, 15) is 5.11 Å². The first-order chi connectivity index (χ1) is 9.00. The Hall–Kier alpha value is -1.06. The largest absolute Gasteiger partial charge is 0.497 e. The number of aliphatic hydroxyl groups is 1. The summed E-state index contributed by atoms with van der Waals surface area (Å²) in [6, 6.07) is 8.56. The lowest BCUT2D eigenvalue weighted by Gasteiger charge is -2.40. The highest BCUT2D eigenvalue weighted by Crippen LogP contribution is 2.29. The number of ether oxygens (including phenoxy) is 1. The normalized spacial score (nSPS) is 24.2. The highest BCUT2D eigenvalue weighted by Gasteiger charge is 2.35. The molecule has 1 aliphatic heterocycles. The molecule has 1 saturated heterocycles. The minimum absolute atomic E-state index is 0.309. The molecule has 0 saturated carbocycles. The molecule has 0 aromatic heterocycles. The van der Waals surface area contributed by atoms with Gasteiger partial charge < -0.3 is 15.2 Å². The molecule has 0 radical (unpaired) electrons. The predicted molar refractivity (Wildman–Crippen MR) is 77.5 cm³/mol. The molecular formula is C16H25NO2. The van der Waals surface area contributed by atoms with Crippen LogP contribution in [0.1, 0.15) is 32.3 Å². The van der Waals surface area contributed by atoms with E-state index < -0.39 is 5.60 Å². The molecule has 1 heterocycles. The predicted octanol–water partition coefficient (Wildman–Crippen LogP) is 2.38. The van der Waals surface area contributed by atoms with Gasteiger partial charge in [0.2, 0.25) is 0 Å². The van der Waals surface area contributed by atoms with E-state index in [2.05, 4.69) is 17.4 Å². The number of methoxy groups -OCH3 is 1. The van der Waals surface area contributed by atoms with Gasteiger partial charge in [-0.3, -0.25) is 0 Å². The van der Waals surface area contributed by atoms with Gasteiger partial charge in [-0.1, -0.05) is 12.1 Å². The molecule has 2 atom stereocenters. The molecule has 106 valence electrons. The maximum atomic E-state index is 10.3. The number of nitrogens with one attached hydrogen (secondary N) is 1. The Kier molecular flexibility index (Phi) is 4.48. The maximum absolute atomic E-state index is 10.3.